The quantitative estimate of drug-likeness (QED) is 0.243. The van der Waals surface area contributed by atoms with E-state index in [4.69, 9.17) is 19.2 Å². The van der Waals surface area contributed by atoms with Gasteiger partial charge < -0.3 is 23.7 Å². The third kappa shape index (κ3) is 5.40. The van der Waals surface area contributed by atoms with Gasteiger partial charge in [0.05, 0.1) is 37.0 Å². The lowest BCUT2D eigenvalue weighted by atomic mass is 10.1. The lowest BCUT2D eigenvalue weighted by molar-refractivity contribution is -0.117. The van der Waals surface area contributed by atoms with Crippen molar-refractivity contribution < 1.29 is 19.0 Å². The van der Waals surface area contributed by atoms with Gasteiger partial charge in [-0.05, 0) is 56.2 Å². The third-order valence-corrected chi connectivity index (χ3v) is 6.72. The maximum atomic E-state index is 13.1. The number of para-hydroxylation sites is 4. The number of aryl methyl sites for hydroxylation is 1. The lowest BCUT2D eigenvalue weighted by Gasteiger charge is -2.20. The average Bonchev–Trinajstić information content (AvgIpc) is 3.49. The van der Waals surface area contributed by atoms with Crippen LogP contribution in [0, 0.1) is 0 Å². The van der Waals surface area contributed by atoms with Gasteiger partial charge in [0, 0.05) is 31.5 Å². The second-order valence-electron chi connectivity index (χ2n) is 9.15. The molecule has 0 radical (unpaired) electrons. The minimum Gasteiger partial charge on any atom is -0.497 e. The number of imidazole rings is 1. The molecule has 1 atom stereocenters. The highest BCUT2D eigenvalue weighted by molar-refractivity contribution is 5.97. The Labute approximate surface area is 217 Å². The average molecular weight is 500 g/mol. The van der Waals surface area contributed by atoms with Crippen LogP contribution in [0.1, 0.15) is 37.9 Å². The number of nitrogens with zero attached hydrogens (tertiary/aromatic N) is 3. The molecular weight excluding hydrogens is 466 g/mol. The molecule has 1 unspecified atom stereocenters. The zero-order chi connectivity index (χ0) is 25.6. The molecule has 4 aromatic rings. The first-order valence-electron chi connectivity index (χ1n) is 12.9. The van der Waals surface area contributed by atoms with Crippen molar-refractivity contribution in [1.82, 2.24) is 9.55 Å². The van der Waals surface area contributed by atoms with E-state index in [9.17, 15) is 4.79 Å². The van der Waals surface area contributed by atoms with E-state index in [0.717, 1.165) is 59.2 Å². The SMILES string of the molecule is CCOc1ccccc1N1CC(c2nc3ccccc3n2CCCCOc2cccc(OC)c2)CC1=O. The molecule has 192 valence electrons. The molecule has 0 bridgehead atoms. The Balaban J connectivity index is 1.29. The van der Waals surface area contributed by atoms with Gasteiger partial charge in [0.2, 0.25) is 5.91 Å². The molecule has 37 heavy (non-hydrogen) atoms. The standard InChI is InChI=1S/C30H33N3O4/c1-3-36-28-16-7-6-15-27(28)33-21-22(19-29(33)34)30-31-25-13-4-5-14-26(25)32(30)17-8-9-18-37-24-12-10-11-23(20-24)35-2/h4-7,10-16,20,22H,3,8-9,17-19,21H2,1-2H3. The van der Waals surface area contributed by atoms with Crippen LogP contribution in [0.25, 0.3) is 11.0 Å². The largest absolute Gasteiger partial charge is 0.497 e. The van der Waals surface area contributed by atoms with Gasteiger partial charge in [-0.25, -0.2) is 4.98 Å². The Bertz CT molecular complexity index is 1370. The molecule has 1 saturated heterocycles. The van der Waals surface area contributed by atoms with Crippen LogP contribution in [-0.2, 0) is 11.3 Å². The van der Waals surface area contributed by atoms with Crippen LogP contribution in [0.4, 0.5) is 5.69 Å². The number of unbranched alkanes of at least 4 members (excludes halogenated alkanes) is 1. The van der Waals surface area contributed by atoms with E-state index in [0.29, 0.717) is 26.2 Å². The van der Waals surface area contributed by atoms with Gasteiger partial charge in [0.25, 0.3) is 0 Å². The van der Waals surface area contributed by atoms with Crippen molar-refractivity contribution in [2.45, 2.75) is 38.6 Å². The molecule has 5 rings (SSSR count). The second-order valence-corrected chi connectivity index (χ2v) is 9.15. The Morgan fingerprint density at radius 2 is 1.76 bits per heavy atom. The van der Waals surface area contributed by atoms with Crippen molar-refractivity contribution in [1.29, 1.82) is 0 Å². The summed E-state index contributed by atoms with van der Waals surface area (Å²) >= 11 is 0. The summed E-state index contributed by atoms with van der Waals surface area (Å²) in [6.07, 6.45) is 2.28. The van der Waals surface area contributed by atoms with Crippen LogP contribution in [0.5, 0.6) is 17.2 Å². The van der Waals surface area contributed by atoms with E-state index in [1.807, 2.05) is 78.6 Å². The predicted molar refractivity (Wildman–Crippen MR) is 145 cm³/mol. The summed E-state index contributed by atoms with van der Waals surface area (Å²) in [5.74, 6) is 3.43. The number of anilines is 1. The van der Waals surface area contributed by atoms with Crippen molar-refractivity contribution in [2.75, 3.05) is 31.8 Å². The number of carbonyl (C=O) groups is 1. The van der Waals surface area contributed by atoms with Crippen molar-refractivity contribution in [2.24, 2.45) is 0 Å². The minimum absolute atomic E-state index is 0.0163. The van der Waals surface area contributed by atoms with E-state index < -0.39 is 0 Å². The van der Waals surface area contributed by atoms with Crippen molar-refractivity contribution in [3.8, 4) is 17.2 Å². The molecule has 1 aliphatic heterocycles. The molecule has 7 nitrogen and oxygen atoms in total. The molecule has 3 aromatic carbocycles. The van der Waals surface area contributed by atoms with Gasteiger partial charge in [-0.15, -0.1) is 0 Å². The number of fused-ring (bicyclic) bond motifs is 1. The number of methoxy groups -OCH3 is 1. The Hall–Kier alpha value is -4.00. The Kier molecular flexibility index (Phi) is 7.59. The van der Waals surface area contributed by atoms with Gasteiger partial charge in [0.1, 0.15) is 23.1 Å². The van der Waals surface area contributed by atoms with E-state index in [1.165, 1.54) is 0 Å². The normalized spacial score (nSPS) is 15.4. The lowest BCUT2D eigenvalue weighted by Crippen LogP contribution is -2.25. The molecule has 1 aromatic heterocycles. The predicted octanol–water partition coefficient (Wildman–Crippen LogP) is 5.82. The maximum absolute atomic E-state index is 13.1. The summed E-state index contributed by atoms with van der Waals surface area (Å²) in [7, 11) is 1.65. The fraction of sp³-hybridized carbons (Fsp3) is 0.333. The smallest absolute Gasteiger partial charge is 0.227 e. The second kappa shape index (κ2) is 11.4. The number of carbonyl (C=O) groups excluding carboxylic acids is 1. The van der Waals surface area contributed by atoms with Crippen LogP contribution >= 0.6 is 0 Å². The van der Waals surface area contributed by atoms with Crippen LogP contribution in [0.3, 0.4) is 0 Å². The highest BCUT2D eigenvalue weighted by Gasteiger charge is 2.35. The zero-order valence-electron chi connectivity index (χ0n) is 21.4. The van der Waals surface area contributed by atoms with Gasteiger partial charge in [0.15, 0.2) is 0 Å². The molecule has 1 aliphatic rings. The van der Waals surface area contributed by atoms with Crippen molar-refractivity contribution in [3.63, 3.8) is 0 Å². The first kappa shape index (κ1) is 24.7. The van der Waals surface area contributed by atoms with Crippen LogP contribution in [0.15, 0.2) is 72.8 Å². The van der Waals surface area contributed by atoms with E-state index in [2.05, 4.69) is 10.6 Å². The Morgan fingerprint density at radius 3 is 2.62 bits per heavy atom. The minimum atomic E-state index is 0.0163. The van der Waals surface area contributed by atoms with E-state index in [1.54, 1.807) is 7.11 Å². The van der Waals surface area contributed by atoms with Crippen LogP contribution < -0.4 is 19.1 Å². The highest BCUT2D eigenvalue weighted by Crippen LogP contribution is 2.37. The molecule has 1 fully saturated rings. The van der Waals surface area contributed by atoms with Gasteiger partial charge in [-0.2, -0.15) is 0 Å². The third-order valence-electron chi connectivity index (χ3n) is 6.72. The zero-order valence-corrected chi connectivity index (χ0v) is 21.4. The molecule has 2 heterocycles. The van der Waals surface area contributed by atoms with E-state index >= 15 is 0 Å². The molecule has 7 heteroatoms. The first-order chi connectivity index (χ1) is 18.2. The molecule has 1 amide bonds. The summed E-state index contributed by atoms with van der Waals surface area (Å²) in [6.45, 7) is 4.54. The number of amides is 1. The topological polar surface area (TPSA) is 65.8 Å². The fourth-order valence-corrected chi connectivity index (χ4v) is 4.96. The maximum Gasteiger partial charge on any atom is 0.227 e. The van der Waals surface area contributed by atoms with Crippen molar-refractivity contribution in [3.05, 3.63) is 78.6 Å². The van der Waals surface area contributed by atoms with Gasteiger partial charge >= 0.3 is 0 Å². The summed E-state index contributed by atoms with van der Waals surface area (Å²) in [5, 5.41) is 0. The van der Waals surface area contributed by atoms with Gasteiger partial charge in [-0.3, -0.25) is 4.79 Å². The number of rotatable bonds is 11. The molecule has 0 saturated carbocycles. The summed E-state index contributed by atoms with van der Waals surface area (Å²) in [4.78, 5) is 20.0. The summed E-state index contributed by atoms with van der Waals surface area (Å²) in [5.41, 5.74) is 2.90. The van der Waals surface area contributed by atoms with Gasteiger partial charge in [-0.1, -0.05) is 30.3 Å². The highest BCUT2D eigenvalue weighted by atomic mass is 16.5. The van der Waals surface area contributed by atoms with Crippen LogP contribution in [0.2, 0.25) is 0 Å². The number of hydrogen-bond donors (Lipinski definition) is 0. The summed E-state index contributed by atoms with van der Waals surface area (Å²) in [6, 6.07) is 23.6. The fourth-order valence-electron chi connectivity index (χ4n) is 4.96. The monoisotopic (exact) mass is 499 g/mol. The first-order valence-corrected chi connectivity index (χ1v) is 12.9. The molecule has 0 spiro atoms. The van der Waals surface area contributed by atoms with E-state index in [-0.39, 0.29) is 11.8 Å². The summed E-state index contributed by atoms with van der Waals surface area (Å²) < 4.78 is 19.3. The number of hydrogen-bond acceptors (Lipinski definition) is 5. The number of aromatic nitrogens is 2. The van der Waals surface area contributed by atoms with Crippen molar-refractivity contribution >= 4 is 22.6 Å². The molecular formula is C30H33N3O4. The number of benzene rings is 3. The Morgan fingerprint density at radius 1 is 0.946 bits per heavy atom. The van der Waals surface area contributed by atoms with Crippen LogP contribution in [-0.4, -0.2) is 42.3 Å². The number of ether oxygens (including phenoxy) is 3. The molecule has 0 aliphatic carbocycles. The molecule has 0 N–H and O–H groups in total.